The Morgan fingerprint density at radius 3 is 2.39 bits per heavy atom. The van der Waals surface area contributed by atoms with Crippen LogP contribution in [-0.4, -0.2) is 57.8 Å². The van der Waals surface area contributed by atoms with Crippen molar-refractivity contribution in [1.29, 1.82) is 0 Å². The Morgan fingerprint density at radius 2 is 1.79 bits per heavy atom. The lowest BCUT2D eigenvalue weighted by Crippen LogP contribution is -2.51. The third-order valence-corrected chi connectivity index (χ3v) is 6.80. The van der Waals surface area contributed by atoms with Gasteiger partial charge < -0.3 is 24.4 Å². The minimum atomic E-state index is -1.36. The van der Waals surface area contributed by atoms with E-state index in [1.54, 1.807) is 19.9 Å². The first-order chi connectivity index (χ1) is 15.4. The van der Waals surface area contributed by atoms with Crippen molar-refractivity contribution in [1.82, 2.24) is 0 Å². The first-order valence-corrected chi connectivity index (χ1v) is 11.6. The zero-order chi connectivity index (χ0) is 24.4. The lowest BCUT2D eigenvalue weighted by atomic mass is 9.75. The molecule has 0 aliphatic carbocycles. The van der Waals surface area contributed by atoms with Gasteiger partial charge in [-0.3, -0.25) is 4.79 Å². The van der Waals surface area contributed by atoms with Crippen LogP contribution in [0.4, 0.5) is 0 Å². The summed E-state index contributed by atoms with van der Waals surface area (Å²) in [5, 5.41) is 22.6. The van der Waals surface area contributed by atoms with Crippen molar-refractivity contribution >= 4 is 18.0 Å². The van der Waals surface area contributed by atoms with E-state index in [1.165, 1.54) is 13.0 Å². The van der Waals surface area contributed by atoms with Crippen LogP contribution in [0.15, 0.2) is 36.4 Å². The minimum Gasteiger partial charge on any atom is -0.460 e. The maximum Gasteiger partial charge on any atom is 0.331 e. The maximum absolute atomic E-state index is 12.7. The van der Waals surface area contributed by atoms with Gasteiger partial charge in [-0.25, -0.2) is 4.79 Å². The van der Waals surface area contributed by atoms with E-state index in [0.29, 0.717) is 0 Å². The molecule has 1 aromatic rings. The van der Waals surface area contributed by atoms with E-state index in [2.05, 4.69) is 0 Å². The van der Waals surface area contributed by atoms with Gasteiger partial charge >= 0.3 is 11.9 Å². The highest BCUT2D eigenvalue weighted by Gasteiger charge is 2.57. The van der Waals surface area contributed by atoms with Crippen LogP contribution >= 0.6 is 0 Å². The van der Waals surface area contributed by atoms with E-state index in [1.807, 2.05) is 44.2 Å². The van der Waals surface area contributed by atoms with E-state index in [-0.39, 0.29) is 31.1 Å². The molecule has 2 heterocycles. The smallest absolute Gasteiger partial charge is 0.331 e. The van der Waals surface area contributed by atoms with Gasteiger partial charge in [-0.2, -0.15) is 0 Å². The van der Waals surface area contributed by atoms with Crippen molar-refractivity contribution in [3.8, 4) is 0 Å². The van der Waals surface area contributed by atoms with E-state index < -0.39 is 47.6 Å². The number of ether oxygens (including phenoxy) is 3. The van der Waals surface area contributed by atoms with Gasteiger partial charge in [-0.05, 0) is 44.2 Å². The van der Waals surface area contributed by atoms with Crippen molar-refractivity contribution < 1.29 is 34.0 Å². The number of aliphatic hydroxyl groups is 2. The van der Waals surface area contributed by atoms with E-state index >= 15 is 0 Å². The van der Waals surface area contributed by atoms with Gasteiger partial charge in [0.05, 0.1) is 11.7 Å². The average molecular weight is 461 g/mol. The fourth-order valence-electron chi connectivity index (χ4n) is 5.11. The van der Waals surface area contributed by atoms with Crippen LogP contribution in [0.1, 0.15) is 59.4 Å². The Hall–Kier alpha value is -2.22. The number of carbonyl (C=O) groups excluding carboxylic acids is 2. The zero-order valence-electron chi connectivity index (χ0n) is 20.1. The average Bonchev–Trinajstić information content (AvgIpc) is 3.08. The van der Waals surface area contributed by atoms with Gasteiger partial charge in [0.1, 0.15) is 23.9 Å². The number of hydrogen-bond donors (Lipinski definition) is 2. The first-order valence-electron chi connectivity index (χ1n) is 11.6. The van der Waals surface area contributed by atoms with Crippen LogP contribution in [0, 0.1) is 11.8 Å². The Kier molecular flexibility index (Phi) is 7.66. The predicted octanol–water partition coefficient (Wildman–Crippen LogP) is 3.27. The molecule has 2 aliphatic heterocycles. The second-order valence-corrected chi connectivity index (χ2v) is 10.1. The molecule has 1 aromatic carbocycles. The highest BCUT2D eigenvalue weighted by atomic mass is 16.6. The predicted molar refractivity (Wildman–Crippen MR) is 123 cm³/mol. The highest BCUT2D eigenvalue weighted by molar-refractivity contribution is 5.87. The largest absolute Gasteiger partial charge is 0.460 e. The number of hydrogen-bond acceptors (Lipinski definition) is 7. The minimum absolute atomic E-state index is 0.0501. The van der Waals surface area contributed by atoms with E-state index in [4.69, 9.17) is 14.2 Å². The Morgan fingerprint density at radius 1 is 1.12 bits per heavy atom. The first kappa shape index (κ1) is 25.4. The SMILES string of the molecule is CC(=O)O[C@@H]1CC[C@@](C)(O)[C@@H]2O[C@H](C[C@@]1(C)O)[C@H](C(C)C)[C@H]2OC(=O)C=Cc1ccccc1. The number of esters is 2. The summed E-state index contributed by atoms with van der Waals surface area (Å²) in [4.78, 5) is 24.4. The lowest BCUT2D eigenvalue weighted by molar-refractivity contribution is -0.167. The maximum atomic E-state index is 12.7. The molecule has 0 aromatic heterocycles. The van der Waals surface area contributed by atoms with Gasteiger partial charge in [-0.1, -0.05) is 44.2 Å². The highest BCUT2D eigenvalue weighted by Crippen LogP contribution is 2.45. The molecular weight excluding hydrogens is 424 g/mol. The molecule has 182 valence electrons. The second kappa shape index (κ2) is 9.95. The van der Waals surface area contributed by atoms with Crippen molar-refractivity contribution in [2.24, 2.45) is 11.8 Å². The van der Waals surface area contributed by atoms with Crippen molar-refractivity contribution in [3.63, 3.8) is 0 Å². The summed E-state index contributed by atoms with van der Waals surface area (Å²) in [5.74, 6) is -1.20. The summed E-state index contributed by atoms with van der Waals surface area (Å²) in [5.41, 5.74) is -1.84. The quantitative estimate of drug-likeness (QED) is 0.514. The molecule has 0 spiro atoms. The Bertz CT molecular complexity index is 859. The van der Waals surface area contributed by atoms with Crippen LogP contribution in [0.2, 0.25) is 0 Å². The third kappa shape index (κ3) is 6.02. The molecule has 0 radical (unpaired) electrons. The molecule has 0 unspecified atom stereocenters. The fourth-order valence-corrected chi connectivity index (χ4v) is 5.11. The second-order valence-electron chi connectivity index (χ2n) is 10.1. The number of benzene rings is 1. The molecule has 33 heavy (non-hydrogen) atoms. The molecule has 7 heteroatoms. The molecule has 2 bridgehead atoms. The molecule has 2 saturated heterocycles. The molecule has 3 rings (SSSR count). The van der Waals surface area contributed by atoms with Gasteiger partial charge in [0, 0.05) is 25.3 Å². The topological polar surface area (TPSA) is 102 Å². The van der Waals surface area contributed by atoms with Crippen molar-refractivity contribution in [3.05, 3.63) is 42.0 Å². The van der Waals surface area contributed by atoms with Crippen molar-refractivity contribution in [2.45, 2.75) is 89.5 Å². The Labute approximate surface area is 195 Å². The Balaban J connectivity index is 1.87. The third-order valence-electron chi connectivity index (χ3n) is 6.80. The summed E-state index contributed by atoms with van der Waals surface area (Å²) in [6.45, 7) is 8.58. The van der Waals surface area contributed by atoms with Crippen LogP contribution in [0.25, 0.3) is 6.08 Å². The van der Waals surface area contributed by atoms with E-state index in [9.17, 15) is 19.8 Å². The normalized spacial score (nSPS) is 36.8. The van der Waals surface area contributed by atoms with Crippen LogP contribution in [0.3, 0.4) is 0 Å². The van der Waals surface area contributed by atoms with E-state index in [0.717, 1.165) is 5.56 Å². The van der Waals surface area contributed by atoms with Crippen molar-refractivity contribution in [2.75, 3.05) is 0 Å². The molecule has 2 fully saturated rings. The summed E-state index contributed by atoms with van der Waals surface area (Å²) in [6.07, 6.45) is 1.01. The molecule has 7 atom stereocenters. The van der Waals surface area contributed by atoms with Gasteiger partial charge in [0.15, 0.2) is 0 Å². The molecule has 2 N–H and O–H groups in total. The monoisotopic (exact) mass is 460 g/mol. The molecule has 2 aliphatic rings. The summed E-state index contributed by atoms with van der Waals surface area (Å²) < 4.78 is 17.6. The zero-order valence-corrected chi connectivity index (χ0v) is 20.1. The fraction of sp³-hybridized carbons (Fsp3) is 0.615. The molecule has 0 amide bonds. The van der Waals surface area contributed by atoms with Crippen LogP contribution < -0.4 is 0 Å². The van der Waals surface area contributed by atoms with Crippen LogP contribution in [-0.2, 0) is 23.8 Å². The summed E-state index contributed by atoms with van der Waals surface area (Å²) >= 11 is 0. The van der Waals surface area contributed by atoms with Crippen LogP contribution in [0.5, 0.6) is 0 Å². The lowest BCUT2D eigenvalue weighted by Gasteiger charge is -2.38. The molecular formula is C26H36O7. The number of rotatable bonds is 5. The standard InChI is InChI=1S/C26H36O7/c1-16(2)22-19-15-26(5,30)20(31-17(3)27)13-14-25(4,29)24(32-19)23(22)33-21(28)12-11-18-9-7-6-8-10-18/h6-12,16,19-20,22-24,29-30H,13-15H2,1-5H3/t19-,20-,22+,23-,24-,25-,26-/m1/s1. The molecule has 7 nitrogen and oxygen atoms in total. The van der Waals surface area contributed by atoms with Gasteiger partial charge in [0.25, 0.3) is 0 Å². The number of fused-ring (bicyclic) bond motifs is 2. The molecule has 0 saturated carbocycles. The summed E-state index contributed by atoms with van der Waals surface area (Å²) in [6, 6.07) is 9.44. The summed E-state index contributed by atoms with van der Waals surface area (Å²) in [7, 11) is 0. The van der Waals surface area contributed by atoms with Gasteiger partial charge in [-0.15, -0.1) is 0 Å². The number of carbonyl (C=O) groups is 2. The van der Waals surface area contributed by atoms with Gasteiger partial charge in [0.2, 0.25) is 0 Å².